The topological polar surface area (TPSA) is 45.3 Å². The molecule has 0 bridgehead atoms. The van der Waals surface area contributed by atoms with Crippen LogP contribution in [0.3, 0.4) is 0 Å². The third-order valence-electron chi connectivity index (χ3n) is 2.90. The number of rotatable bonds is 4. The maximum atomic E-state index is 11.2. The zero-order valence-electron chi connectivity index (χ0n) is 11.3. The molecule has 0 aliphatic carbocycles. The molecule has 0 radical (unpaired) electrons. The SMILES string of the molecule is CC(=O)Oc1cccc2[nH]c(I)c(CCN(C)C)c12. The molecule has 2 rings (SSSR count). The van der Waals surface area contributed by atoms with Crippen LogP contribution in [0.25, 0.3) is 10.9 Å². The smallest absolute Gasteiger partial charge is 0.308 e. The molecule has 0 amide bonds. The first-order valence-corrected chi connectivity index (χ1v) is 7.19. The van der Waals surface area contributed by atoms with Crippen LogP contribution in [0.4, 0.5) is 0 Å². The minimum absolute atomic E-state index is 0.290. The van der Waals surface area contributed by atoms with Gasteiger partial charge >= 0.3 is 5.97 Å². The average Bonchev–Trinajstić information content (AvgIpc) is 2.62. The predicted octanol–water partition coefficient (Wildman–Crippen LogP) is 2.80. The molecule has 2 aromatic rings. The van der Waals surface area contributed by atoms with E-state index in [0.29, 0.717) is 5.75 Å². The van der Waals surface area contributed by atoms with Gasteiger partial charge in [-0.25, -0.2) is 0 Å². The van der Waals surface area contributed by atoms with E-state index in [1.54, 1.807) is 0 Å². The van der Waals surface area contributed by atoms with Crippen LogP contribution in [0.15, 0.2) is 18.2 Å². The maximum Gasteiger partial charge on any atom is 0.308 e. The van der Waals surface area contributed by atoms with E-state index in [-0.39, 0.29) is 5.97 Å². The van der Waals surface area contributed by atoms with E-state index >= 15 is 0 Å². The van der Waals surface area contributed by atoms with Crippen molar-refractivity contribution in [3.63, 3.8) is 0 Å². The van der Waals surface area contributed by atoms with Crippen LogP contribution in [-0.2, 0) is 11.2 Å². The molecule has 1 aromatic carbocycles. The van der Waals surface area contributed by atoms with Gasteiger partial charge in [0.2, 0.25) is 0 Å². The largest absolute Gasteiger partial charge is 0.426 e. The Balaban J connectivity index is 2.48. The lowest BCUT2D eigenvalue weighted by Gasteiger charge is -2.10. The number of carbonyl (C=O) groups excluding carboxylic acids is 1. The van der Waals surface area contributed by atoms with Gasteiger partial charge in [0, 0.05) is 18.9 Å². The second kappa shape index (κ2) is 5.92. The maximum absolute atomic E-state index is 11.2. The zero-order chi connectivity index (χ0) is 14.0. The minimum atomic E-state index is -0.290. The molecule has 4 nitrogen and oxygen atoms in total. The van der Waals surface area contributed by atoms with Gasteiger partial charge in [0.1, 0.15) is 5.75 Å². The Labute approximate surface area is 126 Å². The van der Waals surface area contributed by atoms with Gasteiger partial charge in [-0.1, -0.05) is 6.07 Å². The average molecular weight is 372 g/mol. The quantitative estimate of drug-likeness (QED) is 0.510. The molecule has 1 N–H and O–H groups in total. The lowest BCUT2D eigenvalue weighted by Crippen LogP contribution is -2.15. The third-order valence-corrected chi connectivity index (χ3v) is 3.82. The van der Waals surface area contributed by atoms with E-state index in [0.717, 1.165) is 27.6 Å². The summed E-state index contributed by atoms with van der Waals surface area (Å²) in [6.07, 6.45) is 0.920. The fraction of sp³-hybridized carbons (Fsp3) is 0.357. The van der Waals surface area contributed by atoms with E-state index < -0.39 is 0 Å². The van der Waals surface area contributed by atoms with Crippen molar-refractivity contribution in [2.24, 2.45) is 0 Å². The molecule has 0 saturated carbocycles. The standard InChI is InChI=1S/C14H17IN2O2/c1-9(18)19-12-6-4-5-11-13(12)10(14(15)16-11)7-8-17(2)3/h4-6,16H,7-8H2,1-3H3. The van der Waals surface area contributed by atoms with E-state index in [4.69, 9.17) is 4.74 Å². The fourth-order valence-corrected chi connectivity index (χ4v) is 2.89. The first kappa shape index (κ1) is 14.3. The van der Waals surface area contributed by atoms with E-state index in [9.17, 15) is 4.79 Å². The van der Waals surface area contributed by atoms with Crippen LogP contribution in [0.1, 0.15) is 12.5 Å². The van der Waals surface area contributed by atoms with Crippen molar-refractivity contribution < 1.29 is 9.53 Å². The van der Waals surface area contributed by atoms with E-state index in [1.807, 2.05) is 18.2 Å². The summed E-state index contributed by atoms with van der Waals surface area (Å²) >= 11 is 2.30. The molecular formula is C14H17IN2O2. The lowest BCUT2D eigenvalue weighted by atomic mass is 10.1. The Morgan fingerprint density at radius 2 is 2.16 bits per heavy atom. The number of hydrogen-bond acceptors (Lipinski definition) is 3. The van der Waals surface area contributed by atoms with E-state index in [1.165, 1.54) is 12.5 Å². The molecule has 0 aliphatic heterocycles. The summed E-state index contributed by atoms with van der Waals surface area (Å²) in [6.45, 7) is 2.38. The molecule has 0 saturated heterocycles. The van der Waals surface area contributed by atoms with Crippen molar-refractivity contribution in [1.82, 2.24) is 9.88 Å². The molecule has 0 atom stereocenters. The Morgan fingerprint density at radius 3 is 2.79 bits per heavy atom. The summed E-state index contributed by atoms with van der Waals surface area (Å²) in [5.74, 6) is 0.347. The number of likely N-dealkylation sites (N-methyl/N-ethyl adjacent to an activating group) is 1. The second-order valence-electron chi connectivity index (χ2n) is 4.74. The summed E-state index contributed by atoms with van der Waals surface area (Å²) in [4.78, 5) is 16.7. The fourth-order valence-electron chi connectivity index (χ4n) is 2.06. The number of ether oxygens (including phenoxy) is 1. The number of aromatic nitrogens is 1. The van der Waals surface area contributed by atoms with Gasteiger partial charge < -0.3 is 14.6 Å². The Morgan fingerprint density at radius 1 is 1.42 bits per heavy atom. The Bertz CT molecular complexity index is 605. The first-order valence-electron chi connectivity index (χ1n) is 6.11. The summed E-state index contributed by atoms with van der Waals surface area (Å²) in [7, 11) is 4.10. The molecule has 0 aliphatic rings. The van der Waals surface area contributed by atoms with Crippen LogP contribution >= 0.6 is 22.6 Å². The number of H-pyrrole nitrogens is 1. The summed E-state index contributed by atoms with van der Waals surface area (Å²) in [5.41, 5.74) is 2.22. The zero-order valence-corrected chi connectivity index (χ0v) is 13.4. The summed E-state index contributed by atoms with van der Waals surface area (Å²) < 4.78 is 6.42. The van der Waals surface area contributed by atoms with Gasteiger partial charge in [-0.05, 0) is 60.8 Å². The highest BCUT2D eigenvalue weighted by atomic mass is 127. The van der Waals surface area contributed by atoms with Gasteiger partial charge in [0.05, 0.1) is 9.22 Å². The number of fused-ring (bicyclic) bond motifs is 1. The Hall–Kier alpha value is -1.08. The predicted molar refractivity (Wildman–Crippen MR) is 84.6 cm³/mol. The van der Waals surface area contributed by atoms with Gasteiger partial charge in [0.15, 0.2) is 0 Å². The number of benzene rings is 1. The van der Waals surface area contributed by atoms with Crippen molar-refractivity contribution in [2.45, 2.75) is 13.3 Å². The highest BCUT2D eigenvalue weighted by Crippen LogP contribution is 2.32. The third kappa shape index (κ3) is 3.27. The monoisotopic (exact) mass is 372 g/mol. The molecule has 0 fully saturated rings. The van der Waals surface area contributed by atoms with Crippen LogP contribution in [0.2, 0.25) is 0 Å². The van der Waals surface area contributed by atoms with Gasteiger partial charge in [0.25, 0.3) is 0 Å². The Kier molecular flexibility index (Phi) is 4.46. The molecule has 5 heteroatoms. The number of nitrogens with zero attached hydrogens (tertiary/aromatic N) is 1. The number of hydrogen-bond donors (Lipinski definition) is 1. The first-order chi connectivity index (χ1) is 8.99. The molecule has 0 spiro atoms. The van der Waals surface area contributed by atoms with Crippen LogP contribution in [0, 0.1) is 3.70 Å². The van der Waals surface area contributed by atoms with Crippen molar-refractivity contribution in [3.05, 3.63) is 27.5 Å². The number of nitrogens with one attached hydrogen (secondary N) is 1. The number of aromatic amines is 1. The van der Waals surface area contributed by atoms with Crippen LogP contribution in [0.5, 0.6) is 5.75 Å². The summed E-state index contributed by atoms with van der Waals surface area (Å²) in [5, 5.41) is 1.02. The van der Waals surface area contributed by atoms with Crippen molar-refractivity contribution in [2.75, 3.05) is 20.6 Å². The molecule has 1 heterocycles. The molecule has 0 unspecified atom stereocenters. The lowest BCUT2D eigenvalue weighted by molar-refractivity contribution is -0.131. The molecular weight excluding hydrogens is 355 g/mol. The number of esters is 1. The van der Waals surface area contributed by atoms with Crippen molar-refractivity contribution >= 4 is 39.5 Å². The van der Waals surface area contributed by atoms with Gasteiger partial charge in [-0.15, -0.1) is 0 Å². The molecule has 102 valence electrons. The molecule has 1 aromatic heterocycles. The van der Waals surface area contributed by atoms with Crippen molar-refractivity contribution in [1.29, 1.82) is 0 Å². The van der Waals surface area contributed by atoms with Crippen molar-refractivity contribution in [3.8, 4) is 5.75 Å². The highest BCUT2D eigenvalue weighted by molar-refractivity contribution is 14.1. The minimum Gasteiger partial charge on any atom is -0.426 e. The number of halogens is 1. The van der Waals surface area contributed by atoms with Gasteiger partial charge in [-0.3, -0.25) is 4.79 Å². The van der Waals surface area contributed by atoms with E-state index in [2.05, 4.69) is 46.6 Å². The second-order valence-corrected chi connectivity index (χ2v) is 5.82. The molecule has 19 heavy (non-hydrogen) atoms. The number of carbonyl (C=O) groups is 1. The highest BCUT2D eigenvalue weighted by Gasteiger charge is 2.15. The summed E-state index contributed by atoms with van der Waals surface area (Å²) in [6, 6.07) is 5.74. The van der Waals surface area contributed by atoms with Gasteiger partial charge in [-0.2, -0.15) is 0 Å². The normalized spacial score (nSPS) is 11.2. The van der Waals surface area contributed by atoms with Crippen LogP contribution in [-0.4, -0.2) is 36.5 Å². The van der Waals surface area contributed by atoms with Crippen LogP contribution < -0.4 is 4.74 Å².